The maximum atomic E-state index is 11.4. The molecule has 0 aliphatic rings. The summed E-state index contributed by atoms with van der Waals surface area (Å²) in [5, 5.41) is 0. The quantitative estimate of drug-likeness (QED) is 0.909. The Morgan fingerprint density at radius 3 is 2.57 bits per heavy atom. The summed E-state index contributed by atoms with van der Waals surface area (Å²) in [5.74, 6) is 0.487. The third-order valence-corrected chi connectivity index (χ3v) is 3.77. The zero-order valence-electron chi connectivity index (χ0n) is 7.74. The fourth-order valence-corrected chi connectivity index (χ4v) is 2.08. The molecule has 1 rings (SSSR count). The second-order valence-corrected chi connectivity index (χ2v) is 5.24. The third-order valence-electron chi connectivity index (χ3n) is 1.70. The van der Waals surface area contributed by atoms with Gasteiger partial charge in [-0.2, -0.15) is 0 Å². The van der Waals surface area contributed by atoms with Crippen LogP contribution in [-0.4, -0.2) is 22.6 Å². The van der Waals surface area contributed by atoms with Crippen molar-refractivity contribution in [3.8, 4) is 5.75 Å². The molecule has 4 nitrogen and oxygen atoms in total. The molecule has 0 amide bonds. The fraction of sp³-hybridized carbons (Fsp3) is 0.250. The Labute approximate surface area is 91.5 Å². The van der Waals surface area contributed by atoms with E-state index in [2.05, 4.69) is 20.7 Å². The summed E-state index contributed by atoms with van der Waals surface area (Å²) in [5.41, 5.74) is 0. The summed E-state index contributed by atoms with van der Waals surface area (Å²) >= 11 is 3.24. The smallest absolute Gasteiger partial charge is 0.240 e. The molecule has 78 valence electrons. The highest BCUT2D eigenvalue weighted by Crippen LogP contribution is 2.27. The maximum absolute atomic E-state index is 11.4. The summed E-state index contributed by atoms with van der Waals surface area (Å²) in [6, 6.07) is 4.58. The van der Waals surface area contributed by atoms with Gasteiger partial charge in [-0.3, -0.25) is 0 Å². The first kappa shape index (κ1) is 11.5. The minimum absolute atomic E-state index is 0.181. The average Bonchev–Trinajstić information content (AvgIpc) is 2.18. The molecule has 0 saturated carbocycles. The summed E-state index contributed by atoms with van der Waals surface area (Å²) in [6.45, 7) is 0. The molecule has 0 bridgehead atoms. The van der Waals surface area contributed by atoms with Gasteiger partial charge >= 0.3 is 0 Å². The lowest BCUT2D eigenvalue weighted by molar-refractivity contribution is 0.410. The molecular weight excluding hydrogens is 270 g/mol. The van der Waals surface area contributed by atoms with E-state index in [-0.39, 0.29) is 4.90 Å². The lowest BCUT2D eigenvalue weighted by Gasteiger charge is -2.06. The normalized spacial score (nSPS) is 11.4. The van der Waals surface area contributed by atoms with E-state index in [0.717, 1.165) is 4.47 Å². The summed E-state index contributed by atoms with van der Waals surface area (Å²) in [4.78, 5) is 0.181. The van der Waals surface area contributed by atoms with Crippen LogP contribution in [0.2, 0.25) is 0 Å². The van der Waals surface area contributed by atoms with Gasteiger partial charge in [0.1, 0.15) is 5.75 Å². The van der Waals surface area contributed by atoms with E-state index in [4.69, 9.17) is 4.74 Å². The van der Waals surface area contributed by atoms with Gasteiger partial charge in [-0.25, -0.2) is 13.1 Å². The van der Waals surface area contributed by atoms with Gasteiger partial charge in [0, 0.05) is 6.07 Å². The lowest BCUT2D eigenvalue weighted by Crippen LogP contribution is -2.18. The molecule has 1 aromatic rings. The van der Waals surface area contributed by atoms with Crippen LogP contribution in [0.3, 0.4) is 0 Å². The van der Waals surface area contributed by atoms with Gasteiger partial charge < -0.3 is 4.74 Å². The molecule has 0 unspecified atom stereocenters. The van der Waals surface area contributed by atoms with E-state index in [1.165, 1.54) is 26.3 Å². The lowest BCUT2D eigenvalue weighted by atomic mass is 10.3. The van der Waals surface area contributed by atoms with E-state index in [0.29, 0.717) is 5.75 Å². The van der Waals surface area contributed by atoms with Crippen LogP contribution >= 0.6 is 15.9 Å². The number of halogens is 1. The standard InChI is InChI=1S/C8H10BrNO3S/c1-10-14(11,12)6-3-4-7(9)8(5-6)13-2/h3-5,10H,1-2H3. The van der Waals surface area contributed by atoms with E-state index >= 15 is 0 Å². The zero-order valence-corrected chi connectivity index (χ0v) is 10.1. The second-order valence-electron chi connectivity index (χ2n) is 2.50. The van der Waals surface area contributed by atoms with Crippen molar-refractivity contribution in [2.75, 3.05) is 14.2 Å². The molecule has 0 aromatic heterocycles. The van der Waals surface area contributed by atoms with Gasteiger partial charge in [0.25, 0.3) is 0 Å². The molecule has 0 atom stereocenters. The molecule has 0 radical (unpaired) electrons. The number of sulfonamides is 1. The predicted molar refractivity (Wildman–Crippen MR) is 56.9 cm³/mol. The van der Waals surface area contributed by atoms with E-state index in [9.17, 15) is 8.42 Å². The average molecular weight is 280 g/mol. The monoisotopic (exact) mass is 279 g/mol. The minimum atomic E-state index is -3.40. The first-order valence-corrected chi connectivity index (χ1v) is 6.06. The van der Waals surface area contributed by atoms with Crippen LogP contribution in [0.15, 0.2) is 27.6 Å². The predicted octanol–water partition coefficient (Wildman–Crippen LogP) is 1.37. The molecule has 1 aromatic carbocycles. The topological polar surface area (TPSA) is 55.4 Å². The minimum Gasteiger partial charge on any atom is -0.496 e. The van der Waals surface area contributed by atoms with Crippen LogP contribution in [0, 0.1) is 0 Å². The van der Waals surface area contributed by atoms with Crippen molar-refractivity contribution in [3.05, 3.63) is 22.7 Å². The zero-order chi connectivity index (χ0) is 10.8. The molecule has 1 N–H and O–H groups in total. The van der Waals surface area contributed by atoms with Crippen LogP contribution in [0.5, 0.6) is 5.75 Å². The Hall–Kier alpha value is -0.590. The molecule has 0 fully saturated rings. The highest BCUT2D eigenvalue weighted by Gasteiger charge is 2.13. The van der Waals surface area contributed by atoms with E-state index in [1.54, 1.807) is 6.07 Å². The van der Waals surface area contributed by atoms with Gasteiger partial charge in [-0.15, -0.1) is 0 Å². The van der Waals surface area contributed by atoms with Crippen molar-refractivity contribution >= 4 is 26.0 Å². The van der Waals surface area contributed by atoms with Gasteiger partial charge in [0.05, 0.1) is 16.5 Å². The Morgan fingerprint density at radius 1 is 1.43 bits per heavy atom. The van der Waals surface area contributed by atoms with Crippen LogP contribution in [0.4, 0.5) is 0 Å². The van der Waals surface area contributed by atoms with Gasteiger partial charge in [-0.05, 0) is 35.1 Å². The van der Waals surface area contributed by atoms with Crippen molar-refractivity contribution in [1.82, 2.24) is 4.72 Å². The maximum Gasteiger partial charge on any atom is 0.240 e. The Kier molecular flexibility index (Phi) is 3.52. The summed E-state index contributed by atoms with van der Waals surface area (Å²) in [6.07, 6.45) is 0. The molecule has 14 heavy (non-hydrogen) atoms. The molecular formula is C8H10BrNO3S. The molecule has 0 aliphatic carbocycles. The molecule has 0 saturated heterocycles. The fourth-order valence-electron chi connectivity index (χ4n) is 0.925. The number of methoxy groups -OCH3 is 1. The van der Waals surface area contributed by atoms with Crippen LogP contribution < -0.4 is 9.46 Å². The number of rotatable bonds is 3. The number of hydrogen-bond acceptors (Lipinski definition) is 3. The number of hydrogen-bond donors (Lipinski definition) is 1. The van der Waals surface area contributed by atoms with Gasteiger partial charge in [0.15, 0.2) is 0 Å². The van der Waals surface area contributed by atoms with Gasteiger partial charge in [-0.1, -0.05) is 0 Å². The molecule has 0 spiro atoms. The molecule has 0 heterocycles. The summed E-state index contributed by atoms with van der Waals surface area (Å²) in [7, 11) is -0.551. The highest BCUT2D eigenvalue weighted by atomic mass is 79.9. The van der Waals surface area contributed by atoms with Crippen molar-refractivity contribution in [3.63, 3.8) is 0 Å². The number of nitrogens with one attached hydrogen (secondary N) is 1. The van der Waals surface area contributed by atoms with Crippen molar-refractivity contribution in [1.29, 1.82) is 0 Å². The highest BCUT2D eigenvalue weighted by molar-refractivity contribution is 9.10. The van der Waals surface area contributed by atoms with Crippen LogP contribution in [-0.2, 0) is 10.0 Å². The van der Waals surface area contributed by atoms with E-state index < -0.39 is 10.0 Å². The Morgan fingerprint density at radius 2 is 2.07 bits per heavy atom. The first-order valence-electron chi connectivity index (χ1n) is 3.78. The van der Waals surface area contributed by atoms with Gasteiger partial charge in [0.2, 0.25) is 10.0 Å². The molecule has 6 heteroatoms. The van der Waals surface area contributed by atoms with Crippen LogP contribution in [0.1, 0.15) is 0 Å². The molecule has 0 aliphatic heterocycles. The largest absolute Gasteiger partial charge is 0.496 e. The SMILES string of the molecule is CNS(=O)(=O)c1ccc(Br)c(OC)c1. The Balaban J connectivity index is 3.26. The third kappa shape index (κ3) is 2.26. The number of ether oxygens (including phenoxy) is 1. The second kappa shape index (κ2) is 4.29. The van der Waals surface area contributed by atoms with Crippen molar-refractivity contribution in [2.24, 2.45) is 0 Å². The Bertz CT molecular complexity index is 430. The van der Waals surface area contributed by atoms with E-state index in [1.807, 2.05) is 0 Å². The van der Waals surface area contributed by atoms with Crippen molar-refractivity contribution < 1.29 is 13.2 Å². The van der Waals surface area contributed by atoms with Crippen LogP contribution in [0.25, 0.3) is 0 Å². The number of benzene rings is 1. The summed E-state index contributed by atoms with van der Waals surface area (Å²) < 4.78 is 30.7. The first-order chi connectivity index (χ1) is 6.51. The van der Waals surface area contributed by atoms with Crippen molar-refractivity contribution in [2.45, 2.75) is 4.90 Å².